The van der Waals surface area contributed by atoms with Crippen molar-refractivity contribution in [1.29, 1.82) is 0 Å². The molecule has 3 nitrogen and oxygen atoms in total. The Morgan fingerprint density at radius 1 is 0.952 bits per heavy atom. The molecule has 0 heterocycles. The number of ether oxygens (including phenoxy) is 2. The molecule has 0 aromatic heterocycles. The Balaban J connectivity index is 2.05. The average molecular weight is 285 g/mol. The molecule has 2 aromatic carbocycles. The molecule has 0 unspecified atom stereocenters. The maximum Gasteiger partial charge on any atom is 0.127 e. The van der Waals surface area contributed by atoms with Gasteiger partial charge in [-0.25, -0.2) is 0 Å². The van der Waals surface area contributed by atoms with Crippen LogP contribution in [0.15, 0.2) is 42.5 Å². The minimum absolute atomic E-state index is 0.556. The lowest BCUT2D eigenvalue weighted by Crippen LogP contribution is -2.02. The van der Waals surface area contributed by atoms with Crippen molar-refractivity contribution in [3.8, 4) is 11.5 Å². The minimum atomic E-state index is 0.556. The van der Waals surface area contributed by atoms with E-state index in [1.807, 2.05) is 18.2 Å². The minimum Gasteiger partial charge on any atom is -0.497 e. The predicted octanol–water partition coefficient (Wildman–Crippen LogP) is 4.44. The van der Waals surface area contributed by atoms with Crippen LogP contribution in [0, 0.1) is 0 Å². The SMILES string of the molecule is COc1ccc(CNc2ccc(C(C)C)cc2)c(OC)c1. The lowest BCUT2D eigenvalue weighted by Gasteiger charge is -2.13. The number of nitrogens with one attached hydrogen (secondary N) is 1. The Labute approximate surface area is 126 Å². The molecule has 0 aliphatic rings. The third-order valence-corrected chi connectivity index (χ3v) is 3.55. The van der Waals surface area contributed by atoms with E-state index >= 15 is 0 Å². The zero-order valence-corrected chi connectivity index (χ0v) is 13.1. The smallest absolute Gasteiger partial charge is 0.127 e. The molecular formula is C18H23NO2. The van der Waals surface area contributed by atoms with Crippen molar-refractivity contribution in [2.75, 3.05) is 19.5 Å². The summed E-state index contributed by atoms with van der Waals surface area (Å²) < 4.78 is 10.6. The topological polar surface area (TPSA) is 30.5 Å². The summed E-state index contributed by atoms with van der Waals surface area (Å²) in [5.41, 5.74) is 3.56. The van der Waals surface area contributed by atoms with E-state index in [1.165, 1.54) is 5.56 Å². The zero-order chi connectivity index (χ0) is 15.2. The van der Waals surface area contributed by atoms with Crippen LogP contribution in [0.25, 0.3) is 0 Å². The standard InChI is InChI=1S/C18H23NO2/c1-13(2)14-5-8-16(9-6-14)19-12-15-7-10-17(20-3)11-18(15)21-4/h5-11,13,19H,12H2,1-4H3. The van der Waals surface area contributed by atoms with Crippen LogP contribution in [0.5, 0.6) is 11.5 Å². The van der Waals surface area contributed by atoms with E-state index in [1.54, 1.807) is 14.2 Å². The van der Waals surface area contributed by atoms with Crippen LogP contribution in [-0.2, 0) is 6.54 Å². The van der Waals surface area contributed by atoms with E-state index in [0.717, 1.165) is 22.7 Å². The third-order valence-electron chi connectivity index (χ3n) is 3.55. The van der Waals surface area contributed by atoms with E-state index in [-0.39, 0.29) is 0 Å². The molecule has 0 spiro atoms. The van der Waals surface area contributed by atoms with Crippen LogP contribution in [0.4, 0.5) is 5.69 Å². The van der Waals surface area contributed by atoms with E-state index in [0.29, 0.717) is 12.5 Å². The van der Waals surface area contributed by atoms with Crippen molar-refractivity contribution < 1.29 is 9.47 Å². The normalized spacial score (nSPS) is 10.5. The second-order valence-electron chi connectivity index (χ2n) is 5.31. The zero-order valence-electron chi connectivity index (χ0n) is 13.1. The third kappa shape index (κ3) is 3.91. The van der Waals surface area contributed by atoms with Gasteiger partial charge in [0.2, 0.25) is 0 Å². The van der Waals surface area contributed by atoms with E-state index < -0.39 is 0 Å². The van der Waals surface area contributed by atoms with Crippen LogP contribution in [0.3, 0.4) is 0 Å². The molecule has 2 rings (SSSR count). The molecule has 0 fully saturated rings. The van der Waals surface area contributed by atoms with E-state index in [2.05, 4.69) is 43.4 Å². The van der Waals surface area contributed by atoms with Crippen molar-refractivity contribution in [2.45, 2.75) is 26.3 Å². The molecule has 0 aliphatic heterocycles. The van der Waals surface area contributed by atoms with Gasteiger partial charge in [0.1, 0.15) is 11.5 Å². The molecule has 0 saturated carbocycles. The largest absolute Gasteiger partial charge is 0.497 e. The number of benzene rings is 2. The molecular weight excluding hydrogens is 262 g/mol. The molecule has 21 heavy (non-hydrogen) atoms. The Morgan fingerprint density at radius 2 is 1.67 bits per heavy atom. The molecule has 0 saturated heterocycles. The fourth-order valence-electron chi connectivity index (χ4n) is 2.18. The van der Waals surface area contributed by atoms with Crippen LogP contribution in [0.2, 0.25) is 0 Å². The van der Waals surface area contributed by atoms with Gasteiger partial charge in [0, 0.05) is 23.9 Å². The quantitative estimate of drug-likeness (QED) is 0.851. The maximum atomic E-state index is 5.41. The van der Waals surface area contributed by atoms with Gasteiger partial charge in [-0.3, -0.25) is 0 Å². The first kappa shape index (κ1) is 15.2. The number of hydrogen-bond acceptors (Lipinski definition) is 3. The van der Waals surface area contributed by atoms with Crippen molar-refractivity contribution >= 4 is 5.69 Å². The summed E-state index contributed by atoms with van der Waals surface area (Å²) in [6, 6.07) is 14.4. The van der Waals surface area contributed by atoms with Gasteiger partial charge in [-0.15, -0.1) is 0 Å². The van der Waals surface area contributed by atoms with Gasteiger partial charge in [-0.2, -0.15) is 0 Å². The fourth-order valence-corrected chi connectivity index (χ4v) is 2.18. The Kier molecular flexibility index (Phi) is 5.09. The molecule has 0 aliphatic carbocycles. The Bertz CT molecular complexity index is 576. The van der Waals surface area contributed by atoms with Crippen LogP contribution in [0.1, 0.15) is 30.9 Å². The van der Waals surface area contributed by atoms with Gasteiger partial charge in [0.25, 0.3) is 0 Å². The van der Waals surface area contributed by atoms with E-state index in [4.69, 9.17) is 9.47 Å². The molecule has 0 atom stereocenters. The average Bonchev–Trinajstić information content (AvgIpc) is 2.53. The summed E-state index contributed by atoms with van der Waals surface area (Å²) in [5.74, 6) is 2.19. The lowest BCUT2D eigenvalue weighted by molar-refractivity contribution is 0.391. The molecule has 0 bridgehead atoms. The van der Waals surface area contributed by atoms with Gasteiger partial charge in [-0.1, -0.05) is 26.0 Å². The number of hydrogen-bond donors (Lipinski definition) is 1. The van der Waals surface area contributed by atoms with Crippen molar-refractivity contribution in [1.82, 2.24) is 0 Å². The first-order valence-corrected chi connectivity index (χ1v) is 7.18. The van der Waals surface area contributed by atoms with Gasteiger partial charge in [0.05, 0.1) is 14.2 Å². The van der Waals surface area contributed by atoms with Crippen LogP contribution < -0.4 is 14.8 Å². The fraction of sp³-hybridized carbons (Fsp3) is 0.333. The molecule has 112 valence electrons. The molecule has 0 radical (unpaired) electrons. The summed E-state index contributed by atoms with van der Waals surface area (Å²) >= 11 is 0. The summed E-state index contributed by atoms with van der Waals surface area (Å²) in [7, 11) is 3.33. The molecule has 2 aromatic rings. The first-order chi connectivity index (χ1) is 10.1. The number of methoxy groups -OCH3 is 2. The highest BCUT2D eigenvalue weighted by Gasteiger charge is 2.05. The highest BCUT2D eigenvalue weighted by atomic mass is 16.5. The number of anilines is 1. The Morgan fingerprint density at radius 3 is 2.24 bits per heavy atom. The summed E-state index contributed by atoms with van der Waals surface area (Å²) in [6.07, 6.45) is 0. The van der Waals surface area contributed by atoms with Gasteiger partial charge in [0.15, 0.2) is 0 Å². The highest BCUT2D eigenvalue weighted by molar-refractivity contribution is 5.48. The second kappa shape index (κ2) is 7.02. The first-order valence-electron chi connectivity index (χ1n) is 7.18. The van der Waals surface area contributed by atoms with Crippen molar-refractivity contribution in [3.05, 3.63) is 53.6 Å². The summed E-state index contributed by atoms with van der Waals surface area (Å²) in [6.45, 7) is 5.11. The van der Waals surface area contributed by atoms with E-state index in [9.17, 15) is 0 Å². The molecule has 3 heteroatoms. The molecule has 1 N–H and O–H groups in total. The van der Waals surface area contributed by atoms with Crippen LogP contribution >= 0.6 is 0 Å². The van der Waals surface area contributed by atoms with Crippen molar-refractivity contribution in [2.24, 2.45) is 0 Å². The van der Waals surface area contributed by atoms with Crippen molar-refractivity contribution in [3.63, 3.8) is 0 Å². The predicted molar refractivity (Wildman–Crippen MR) is 87.4 cm³/mol. The molecule has 0 amide bonds. The van der Waals surface area contributed by atoms with Gasteiger partial charge >= 0.3 is 0 Å². The van der Waals surface area contributed by atoms with Gasteiger partial charge < -0.3 is 14.8 Å². The van der Waals surface area contributed by atoms with Gasteiger partial charge in [-0.05, 0) is 35.7 Å². The highest BCUT2D eigenvalue weighted by Crippen LogP contribution is 2.25. The Hall–Kier alpha value is -2.16. The number of rotatable bonds is 6. The lowest BCUT2D eigenvalue weighted by atomic mass is 10.0. The van der Waals surface area contributed by atoms with Crippen LogP contribution in [-0.4, -0.2) is 14.2 Å². The summed E-state index contributed by atoms with van der Waals surface area (Å²) in [4.78, 5) is 0. The monoisotopic (exact) mass is 285 g/mol. The second-order valence-corrected chi connectivity index (χ2v) is 5.31. The maximum absolute atomic E-state index is 5.41. The summed E-state index contributed by atoms with van der Waals surface area (Å²) in [5, 5.41) is 3.42.